The molecule has 2 heteroatoms. The van der Waals surface area contributed by atoms with Crippen LogP contribution < -0.4 is 0 Å². The molecule has 0 spiro atoms. The zero-order valence-corrected chi connectivity index (χ0v) is 11.4. The van der Waals surface area contributed by atoms with Crippen LogP contribution >= 0.6 is 0 Å². The number of likely N-dealkylation sites (tertiary alicyclic amines) is 1. The first-order chi connectivity index (χ1) is 8.61. The minimum absolute atomic E-state index is 0.322. The maximum Gasteiger partial charge on any atom is 0.115 e. The van der Waals surface area contributed by atoms with Gasteiger partial charge in [-0.1, -0.05) is 19.1 Å². The molecule has 1 aliphatic carbocycles. The molecule has 2 fully saturated rings. The number of phenolic OH excluding ortho intramolecular Hbond substituents is 1. The van der Waals surface area contributed by atoms with Crippen molar-refractivity contribution in [2.45, 2.75) is 44.1 Å². The monoisotopic (exact) mass is 245 g/mol. The number of phenols is 1. The third-order valence-corrected chi connectivity index (χ3v) is 5.30. The number of nitrogens with zero attached hydrogens (tertiary/aromatic N) is 1. The second kappa shape index (κ2) is 4.27. The topological polar surface area (TPSA) is 23.5 Å². The van der Waals surface area contributed by atoms with Crippen LogP contribution in [0.25, 0.3) is 0 Å². The van der Waals surface area contributed by atoms with E-state index in [9.17, 15) is 5.11 Å². The quantitative estimate of drug-likeness (QED) is 0.821. The van der Waals surface area contributed by atoms with Crippen molar-refractivity contribution in [2.75, 3.05) is 13.6 Å². The second-order valence-electron chi connectivity index (χ2n) is 6.35. The van der Waals surface area contributed by atoms with Gasteiger partial charge in [0.15, 0.2) is 0 Å². The minimum Gasteiger partial charge on any atom is -0.508 e. The highest BCUT2D eigenvalue weighted by atomic mass is 16.3. The summed E-state index contributed by atoms with van der Waals surface area (Å²) in [5, 5.41) is 9.73. The van der Waals surface area contributed by atoms with Crippen molar-refractivity contribution in [1.82, 2.24) is 4.90 Å². The Morgan fingerprint density at radius 3 is 2.94 bits per heavy atom. The van der Waals surface area contributed by atoms with Crippen molar-refractivity contribution in [3.8, 4) is 5.75 Å². The standard InChI is InChI=1S/C16H23NO/c1-12-6-7-16(8-9-17(2)15(12)11-16)13-4-3-5-14(18)10-13/h3-5,10,12,15,18H,6-9,11H2,1-2H3/t12-,15-,16+/m0/s1. The molecule has 2 aliphatic rings. The van der Waals surface area contributed by atoms with E-state index in [0.717, 1.165) is 12.0 Å². The molecule has 18 heavy (non-hydrogen) atoms. The molecule has 1 heterocycles. The fraction of sp³-hybridized carbons (Fsp3) is 0.625. The molecule has 1 saturated heterocycles. The SMILES string of the molecule is C[C@H]1CC[C@@]2(c3cccc(O)c3)CCN(C)[C@H]1C2. The Labute approximate surface area is 110 Å². The van der Waals surface area contributed by atoms with Crippen molar-refractivity contribution >= 4 is 0 Å². The first kappa shape index (κ1) is 12.0. The Balaban J connectivity index is 1.95. The molecule has 1 saturated carbocycles. The lowest BCUT2D eigenvalue weighted by Crippen LogP contribution is -2.53. The van der Waals surface area contributed by atoms with Crippen LogP contribution in [-0.2, 0) is 5.41 Å². The van der Waals surface area contributed by atoms with Crippen LogP contribution in [0.15, 0.2) is 24.3 Å². The summed E-state index contributed by atoms with van der Waals surface area (Å²) < 4.78 is 0. The van der Waals surface area contributed by atoms with Gasteiger partial charge in [0.25, 0.3) is 0 Å². The predicted octanol–water partition coefficient (Wildman–Crippen LogP) is 3.15. The molecule has 98 valence electrons. The molecule has 2 bridgehead atoms. The van der Waals surface area contributed by atoms with Gasteiger partial charge in [-0.05, 0) is 68.3 Å². The maximum absolute atomic E-state index is 9.73. The summed E-state index contributed by atoms with van der Waals surface area (Å²) in [6.07, 6.45) is 5.08. The van der Waals surface area contributed by atoms with Crippen LogP contribution in [0.2, 0.25) is 0 Å². The molecular weight excluding hydrogens is 222 g/mol. The lowest BCUT2D eigenvalue weighted by molar-refractivity contribution is 0.0353. The largest absolute Gasteiger partial charge is 0.508 e. The van der Waals surface area contributed by atoms with E-state index in [4.69, 9.17) is 0 Å². The zero-order valence-electron chi connectivity index (χ0n) is 11.4. The summed E-state index contributed by atoms with van der Waals surface area (Å²) in [5.74, 6) is 1.22. The van der Waals surface area contributed by atoms with Gasteiger partial charge in [-0.3, -0.25) is 0 Å². The van der Waals surface area contributed by atoms with Crippen molar-refractivity contribution in [2.24, 2.45) is 5.92 Å². The molecule has 3 rings (SSSR count). The Bertz CT molecular complexity index is 428. The van der Waals surface area contributed by atoms with Gasteiger partial charge in [0.05, 0.1) is 0 Å². The first-order valence-corrected chi connectivity index (χ1v) is 7.10. The molecule has 0 radical (unpaired) electrons. The zero-order chi connectivity index (χ0) is 12.8. The third-order valence-electron chi connectivity index (χ3n) is 5.30. The number of fused-ring (bicyclic) bond motifs is 2. The molecule has 1 aromatic rings. The van der Waals surface area contributed by atoms with E-state index < -0.39 is 0 Å². The Kier molecular flexibility index (Phi) is 2.86. The smallest absolute Gasteiger partial charge is 0.115 e. The van der Waals surface area contributed by atoms with E-state index in [-0.39, 0.29) is 0 Å². The van der Waals surface area contributed by atoms with Crippen molar-refractivity contribution in [3.63, 3.8) is 0 Å². The van der Waals surface area contributed by atoms with Crippen LogP contribution in [0, 0.1) is 5.92 Å². The molecule has 1 aliphatic heterocycles. The minimum atomic E-state index is 0.322. The van der Waals surface area contributed by atoms with E-state index >= 15 is 0 Å². The molecule has 0 aromatic heterocycles. The van der Waals surface area contributed by atoms with Gasteiger partial charge >= 0.3 is 0 Å². The van der Waals surface area contributed by atoms with Crippen LogP contribution in [0.4, 0.5) is 0 Å². The summed E-state index contributed by atoms with van der Waals surface area (Å²) in [4.78, 5) is 2.53. The fourth-order valence-corrected chi connectivity index (χ4v) is 4.02. The molecule has 3 atom stereocenters. The number of hydrogen-bond acceptors (Lipinski definition) is 2. The van der Waals surface area contributed by atoms with Gasteiger partial charge < -0.3 is 10.0 Å². The Morgan fingerprint density at radius 2 is 2.17 bits per heavy atom. The lowest BCUT2D eigenvalue weighted by Gasteiger charge is -2.52. The molecule has 1 aromatic carbocycles. The number of aromatic hydroxyl groups is 1. The first-order valence-electron chi connectivity index (χ1n) is 7.10. The van der Waals surface area contributed by atoms with E-state index in [1.54, 1.807) is 6.07 Å². The van der Waals surface area contributed by atoms with E-state index in [1.807, 2.05) is 12.1 Å². The summed E-state index contributed by atoms with van der Waals surface area (Å²) in [6.45, 7) is 3.57. The molecule has 0 amide bonds. The number of rotatable bonds is 1. The summed E-state index contributed by atoms with van der Waals surface area (Å²) in [5.41, 5.74) is 1.68. The van der Waals surface area contributed by atoms with Crippen molar-refractivity contribution < 1.29 is 5.11 Å². The van der Waals surface area contributed by atoms with Gasteiger partial charge in [-0.25, -0.2) is 0 Å². The fourth-order valence-electron chi connectivity index (χ4n) is 4.02. The Morgan fingerprint density at radius 1 is 1.33 bits per heavy atom. The maximum atomic E-state index is 9.73. The highest BCUT2D eigenvalue weighted by molar-refractivity contribution is 5.34. The Hall–Kier alpha value is -1.02. The van der Waals surface area contributed by atoms with Gasteiger partial charge in [0.2, 0.25) is 0 Å². The number of piperidine rings is 1. The van der Waals surface area contributed by atoms with Crippen molar-refractivity contribution in [1.29, 1.82) is 0 Å². The third kappa shape index (κ3) is 1.83. The highest BCUT2D eigenvalue weighted by Gasteiger charge is 2.45. The van der Waals surface area contributed by atoms with Crippen LogP contribution in [0.5, 0.6) is 5.75 Å². The van der Waals surface area contributed by atoms with Gasteiger partial charge in [0.1, 0.15) is 5.75 Å². The average Bonchev–Trinajstić information content (AvgIpc) is 2.38. The number of benzene rings is 1. The summed E-state index contributed by atoms with van der Waals surface area (Å²) in [7, 11) is 2.26. The molecular formula is C16H23NO. The summed E-state index contributed by atoms with van der Waals surface area (Å²) in [6, 6.07) is 8.68. The number of hydrogen-bond donors (Lipinski definition) is 1. The highest BCUT2D eigenvalue weighted by Crippen LogP contribution is 2.48. The van der Waals surface area contributed by atoms with Gasteiger partial charge in [-0.2, -0.15) is 0 Å². The van der Waals surface area contributed by atoms with Gasteiger partial charge in [0, 0.05) is 6.04 Å². The molecule has 0 unspecified atom stereocenters. The van der Waals surface area contributed by atoms with E-state index in [2.05, 4.69) is 24.9 Å². The summed E-state index contributed by atoms with van der Waals surface area (Å²) >= 11 is 0. The van der Waals surface area contributed by atoms with Crippen LogP contribution in [0.1, 0.15) is 38.2 Å². The lowest BCUT2D eigenvalue weighted by atomic mass is 9.61. The van der Waals surface area contributed by atoms with E-state index in [0.29, 0.717) is 11.2 Å². The van der Waals surface area contributed by atoms with Crippen molar-refractivity contribution in [3.05, 3.63) is 29.8 Å². The average molecular weight is 245 g/mol. The van der Waals surface area contributed by atoms with Crippen LogP contribution in [-0.4, -0.2) is 29.6 Å². The molecule has 1 N–H and O–H groups in total. The molecule has 2 nitrogen and oxygen atoms in total. The van der Waals surface area contributed by atoms with Crippen LogP contribution in [0.3, 0.4) is 0 Å². The predicted molar refractivity (Wildman–Crippen MR) is 73.8 cm³/mol. The van der Waals surface area contributed by atoms with Gasteiger partial charge in [-0.15, -0.1) is 0 Å². The normalized spacial score (nSPS) is 36.6. The van der Waals surface area contributed by atoms with E-state index in [1.165, 1.54) is 37.8 Å². The second-order valence-corrected chi connectivity index (χ2v) is 6.35.